The van der Waals surface area contributed by atoms with Gasteiger partial charge in [-0.15, -0.1) is 0 Å². The Labute approximate surface area is 179 Å². The highest BCUT2D eigenvalue weighted by molar-refractivity contribution is 5.67. The molecule has 0 unspecified atom stereocenters. The van der Waals surface area contributed by atoms with E-state index >= 15 is 0 Å². The largest absolute Gasteiger partial charge is 0.513 e. The van der Waals surface area contributed by atoms with Crippen LogP contribution in [0.15, 0.2) is 42.5 Å². The summed E-state index contributed by atoms with van der Waals surface area (Å²) in [6, 6.07) is 12.5. The monoisotopic (exact) mass is 412 g/mol. The molecule has 1 fully saturated rings. The quantitative estimate of drug-likeness (QED) is 0.251. The van der Waals surface area contributed by atoms with E-state index in [9.17, 15) is 9.18 Å². The van der Waals surface area contributed by atoms with E-state index < -0.39 is 6.16 Å². The third kappa shape index (κ3) is 6.07. The molecule has 0 spiro atoms. The fraction of sp³-hybridized carbons (Fsp3) is 0.500. The van der Waals surface area contributed by atoms with Crippen LogP contribution in [0.5, 0.6) is 5.75 Å². The lowest BCUT2D eigenvalue weighted by Crippen LogP contribution is -2.13. The van der Waals surface area contributed by atoms with Gasteiger partial charge in [0.1, 0.15) is 11.6 Å². The van der Waals surface area contributed by atoms with E-state index in [1.54, 1.807) is 30.3 Å². The minimum absolute atomic E-state index is 0.198. The summed E-state index contributed by atoms with van der Waals surface area (Å²) in [5.74, 6) is 1.51. The zero-order chi connectivity index (χ0) is 21.3. The molecule has 4 heteroatoms. The molecule has 0 aromatic heterocycles. The summed E-state index contributed by atoms with van der Waals surface area (Å²) < 4.78 is 25.0. The van der Waals surface area contributed by atoms with Crippen LogP contribution in [0.25, 0.3) is 11.1 Å². The molecule has 2 aromatic rings. The van der Waals surface area contributed by atoms with Gasteiger partial charge in [0, 0.05) is 5.56 Å². The van der Waals surface area contributed by atoms with Gasteiger partial charge in [-0.1, -0.05) is 57.4 Å². The Balaban J connectivity index is 1.60. The number of halogens is 1. The average Bonchev–Trinajstić information content (AvgIpc) is 2.75. The maximum absolute atomic E-state index is 14.9. The fourth-order valence-corrected chi connectivity index (χ4v) is 4.34. The topological polar surface area (TPSA) is 35.5 Å². The Bertz CT molecular complexity index is 808. The minimum Gasteiger partial charge on any atom is -0.434 e. The van der Waals surface area contributed by atoms with Gasteiger partial charge >= 0.3 is 6.16 Å². The van der Waals surface area contributed by atoms with Crippen LogP contribution < -0.4 is 4.74 Å². The standard InChI is InChI=1S/C26H33FO3/c1-3-5-17-29-26(28)30-23-14-11-21(12-15-23)24-16-13-22(18-25(24)27)20-9-7-19(6-4-2)8-10-20/h11-16,18-20H,3-10,17H2,1-2H3/t19-,20-. The van der Waals surface area contributed by atoms with Gasteiger partial charge in [-0.3, -0.25) is 0 Å². The molecule has 1 saturated carbocycles. The predicted molar refractivity (Wildman–Crippen MR) is 118 cm³/mol. The molecule has 3 nitrogen and oxygen atoms in total. The highest BCUT2D eigenvalue weighted by Gasteiger charge is 2.22. The number of hydrogen-bond donors (Lipinski definition) is 0. The Morgan fingerprint density at radius 1 is 1.00 bits per heavy atom. The van der Waals surface area contributed by atoms with Gasteiger partial charge in [0.15, 0.2) is 0 Å². The van der Waals surface area contributed by atoms with Crippen molar-refractivity contribution in [1.82, 2.24) is 0 Å². The van der Waals surface area contributed by atoms with Gasteiger partial charge in [-0.25, -0.2) is 9.18 Å². The molecule has 0 amide bonds. The highest BCUT2D eigenvalue weighted by atomic mass is 19.1. The summed E-state index contributed by atoms with van der Waals surface area (Å²) in [5, 5.41) is 0. The summed E-state index contributed by atoms with van der Waals surface area (Å²) in [7, 11) is 0. The lowest BCUT2D eigenvalue weighted by atomic mass is 9.77. The minimum atomic E-state index is -0.708. The van der Waals surface area contributed by atoms with Crippen molar-refractivity contribution in [2.24, 2.45) is 5.92 Å². The van der Waals surface area contributed by atoms with Crippen LogP contribution in [-0.4, -0.2) is 12.8 Å². The Hall–Kier alpha value is -2.36. The maximum atomic E-state index is 14.9. The highest BCUT2D eigenvalue weighted by Crippen LogP contribution is 2.38. The second-order valence-corrected chi connectivity index (χ2v) is 8.32. The van der Waals surface area contributed by atoms with Crippen molar-refractivity contribution in [2.75, 3.05) is 6.61 Å². The van der Waals surface area contributed by atoms with Crippen LogP contribution in [0.4, 0.5) is 9.18 Å². The number of hydrogen-bond acceptors (Lipinski definition) is 3. The van der Waals surface area contributed by atoms with Crippen LogP contribution in [0.1, 0.15) is 76.7 Å². The van der Waals surface area contributed by atoms with Crippen molar-refractivity contribution in [2.45, 2.75) is 71.1 Å². The van der Waals surface area contributed by atoms with Gasteiger partial charge in [-0.05, 0) is 73.3 Å². The smallest absolute Gasteiger partial charge is 0.434 e. The molecule has 162 valence electrons. The van der Waals surface area contributed by atoms with Crippen LogP contribution >= 0.6 is 0 Å². The first-order valence-corrected chi connectivity index (χ1v) is 11.3. The maximum Gasteiger partial charge on any atom is 0.513 e. The van der Waals surface area contributed by atoms with E-state index in [2.05, 4.69) is 13.0 Å². The first kappa shape index (κ1) is 22.3. The molecule has 0 saturated heterocycles. The number of carbonyl (C=O) groups is 1. The van der Waals surface area contributed by atoms with Crippen LogP contribution in [-0.2, 0) is 4.74 Å². The Kier molecular flexibility index (Phi) is 8.30. The van der Waals surface area contributed by atoms with E-state index in [4.69, 9.17) is 9.47 Å². The van der Waals surface area contributed by atoms with Crippen molar-refractivity contribution in [3.63, 3.8) is 0 Å². The van der Waals surface area contributed by atoms with Crippen LogP contribution in [0.2, 0.25) is 0 Å². The number of carbonyl (C=O) groups excluding carboxylic acids is 1. The van der Waals surface area contributed by atoms with Crippen molar-refractivity contribution in [1.29, 1.82) is 0 Å². The molecule has 1 aliphatic carbocycles. The van der Waals surface area contributed by atoms with Gasteiger partial charge in [-0.2, -0.15) is 0 Å². The number of rotatable bonds is 8. The Morgan fingerprint density at radius 3 is 2.37 bits per heavy atom. The lowest BCUT2D eigenvalue weighted by Gasteiger charge is -2.28. The second kappa shape index (κ2) is 11.1. The van der Waals surface area contributed by atoms with Crippen molar-refractivity contribution < 1.29 is 18.7 Å². The molecule has 2 aromatic carbocycles. The Morgan fingerprint density at radius 2 is 1.73 bits per heavy atom. The number of unbranched alkanes of at least 4 members (excludes halogenated alkanes) is 1. The van der Waals surface area contributed by atoms with Crippen molar-refractivity contribution >= 4 is 6.16 Å². The van der Waals surface area contributed by atoms with Crippen molar-refractivity contribution in [3.8, 4) is 16.9 Å². The van der Waals surface area contributed by atoms with E-state index in [1.807, 2.05) is 13.0 Å². The predicted octanol–water partition coefficient (Wildman–Crippen LogP) is 7.88. The fourth-order valence-electron chi connectivity index (χ4n) is 4.34. The molecular weight excluding hydrogens is 379 g/mol. The third-order valence-corrected chi connectivity index (χ3v) is 6.09. The first-order valence-electron chi connectivity index (χ1n) is 11.3. The van der Waals surface area contributed by atoms with E-state index in [0.29, 0.717) is 23.8 Å². The van der Waals surface area contributed by atoms with Crippen LogP contribution in [0.3, 0.4) is 0 Å². The zero-order valence-electron chi connectivity index (χ0n) is 18.2. The van der Waals surface area contributed by atoms with Crippen LogP contribution in [0, 0.1) is 11.7 Å². The molecule has 0 atom stereocenters. The van der Waals surface area contributed by atoms with E-state index in [-0.39, 0.29) is 5.82 Å². The van der Waals surface area contributed by atoms with E-state index in [1.165, 1.54) is 25.7 Å². The molecule has 0 radical (unpaired) electrons. The van der Waals surface area contributed by atoms with Crippen molar-refractivity contribution in [3.05, 3.63) is 53.8 Å². The van der Waals surface area contributed by atoms with Gasteiger partial charge in [0.05, 0.1) is 6.61 Å². The number of ether oxygens (including phenoxy) is 2. The molecule has 0 N–H and O–H groups in total. The summed E-state index contributed by atoms with van der Waals surface area (Å²) in [6.07, 6.45) is 8.44. The van der Waals surface area contributed by atoms with E-state index in [0.717, 1.165) is 42.7 Å². The summed E-state index contributed by atoms with van der Waals surface area (Å²) >= 11 is 0. The summed E-state index contributed by atoms with van der Waals surface area (Å²) in [4.78, 5) is 11.6. The molecule has 0 bridgehead atoms. The third-order valence-electron chi connectivity index (χ3n) is 6.09. The van der Waals surface area contributed by atoms with Gasteiger partial charge < -0.3 is 9.47 Å². The van der Waals surface area contributed by atoms with Gasteiger partial charge in [0.2, 0.25) is 0 Å². The lowest BCUT2D eigenvalue weighted by molar-refractivity contribution is 0.0978. The molecule has 1 aliphatic rings. The number of benzene rings is 2. The molecule has 0 aliphatic heterocycles. The normalized spacial score (nSPS) is 18.8. The molecule has 0 heterocycles. The second-order valence-electron chi connectivity index (χ2n) is 8.32. The summed E-state index contributed by atoms with van der Waals surface area (Å²) in [6.45, 7) is 4.63. The molecular formula is C26H33FO3. The first-order chi connectivity index (χ1) is 14.6. The average molecular weight is 413 g/mol. The zero-order valence-corrected chi connectivity index (χ0v) is 18.2. The molecule has 3 rings (SSSR count). The van der Waals surface area contributed by atoms with Gasteiger partial charge in [0.25, 0.3) is 0 Å². The SMILES string of the molecule is CCCCOC(=O)Oc1ccc(-c2ccc([C@H]3CC[C@H](CCC)CC3)cc2F)cc1. The molecule has 30 heavy (non-hydrogen) atoms. The summed E-state index contributed by atoms with van der Waals surface area (Å²) in [5.41, 5.74) is 2.44.